The zero-order valence-corrected chi connectivity index (χ0v) is 19.1. The lowest BCUT2D eigenvalue weighted by molar-refractivity contribution is 0.416. The van der Waals surface area contributed by atoms with E-state index in [0.717, 1.165) is 52.6 Å². The number of nitrogens with zero attached hydrogens (tertiary/aromatic N) is 3. The number of aryl methyl sites for hydroxylation is 1. The van der Waals surface area contributed by atoms with Crippen LogP contribution >= 0.6 is 0 Å². The van der Waals surface area contributed by atoms with Gasteiger partial charge in [-0.3, -0.25) is 4.98 Å². The van der Waals surface area contributed by atoms with Gasteiger partial charge >= 0.3 is 0 Å². The minimum absolute atomic E-state index is 0.281. The van der Waals surface area contributed by atoms with Crippen molar-refractivity contribution in [2.75, 3.05) is 24.8 Å². The van der Waals surface area contributed by atoms with Gasteiger partial charge in [-0.05, 0) is 55.2 Å². The number of hydrogen-bond donors (Lipinski definition) is 2. The monoisotopic (exact) mass is 437 g/mol. The Morgan fingerprint density at radius 2 is 1.85 bits per heavy atom. The third-order valence-electron chi connectivity index (χ3n) is 6.16. The number of aromatic nitrogens is 3. The summed E-state index contributed by atoms with van der Waals surface area (Å²) in [5, 5.41) is 6.65. The molecule has 1 aliphatic carbocycles. The molecule has 6 nitrogen and oxygen atoms in total. The maximum absolute atomic E-state index is 5.70. The molecule has 0 amide bonds. The topological polar surface area (TPSA) is 72.0 Å². The first kappa shape index (κ1) is 20.9. The minimum atomic E-state index is 0.281. The van der Waals surface area contributed by atoms with Crippen LogP contribution in [-0.4, -0.2) is 29.1 Å². The second kappa shape index (κ2) is 8.90. The van der Waals surface area contributed by atoms with E-state index >= 15 is 0 Å². The molecular formula is C27H27N5O. The summed E-state index contributed by atoms with van der Waals surface area (Å²) in [6, 6.07) is 20.7. The molecule has 6 heteroatoms. The van der Waals surface area contributed by atoms with Crippen molar-refractivity contribution in [1.82, 2.24) is 15.0 Å². The smallest absolute Gasteiger partial charge is 0.229 e. The van der Waals surface area contributed by atoms with Crippen LogP contribution in [0, 0.1) is 6.92 Å². The molecule has 0 spiro atoms. The molecule has 33 heavy (non-hydrogen) atoms. The van der Waals surface area contributed by atoms with Crippen molar-refractivity contribution in [3.05, 3.63) is 89.4 Å². The first-order valence-corrected chi connectivity index (χ1v) is 11.2. The van der Waals surface area contributed by atoms with Gasteiger partial charge in [0.15, 0.2) is 0 Å². The summed E-state index contributed by atoms with van der Waals surface area (Å²) < 4.78 is 5.70. The van der Waals surface area contributed by atoms with E-state index in [-0.39, 0.29) is 5.92 Å². The molecule has 0 saturated heterocycles. The number of benzene rings is 2. The second-order valence-corrected chi connectivity index (χ2v) is 8.24. The maximum Gasteiger partial charge on any atom is 0.229 e. The number of fused-ring (bicyclic) bond motifs is 1. The molecule has 0 saturated carbocycles. The molecule has 2 aromatic heterocycles. The zero-order chi connectivity index (χ0) is 22.8. The highest BCUT2D eigenvalue weighted by Crippen LogP contribution is 2.40. The van der Waals surface area contributed by atoms with Gasteiger partial charge in [0.05, 0.1) is 12.8 Å². The van der Waals surface area contributed by atoms with Gasteiger partial charge in [-0.15, -0.1) is 0 Å². The number of anilines is 3. The molecule has 0 aliphatic heterocycles. The SMILES string of the molecule is CNc1nc(Nc2ccc(-c3ccnc(C)c3)c(OC)c2)nc2c1CCC2c1ccccc1. The molecule has 2 N–H and O–H groups in total. The molecule has 2 aromatic carbocycles. The Morgan fingerprint density at radius 3 is 2.61 bits per heavy atom. The molecule has 1 unspecified atom stereocenters. The second-order valence-electron chi connectivity index (χ2n) is 8.24. The fourth-order valence-corrected chi connectivity index (χ4v) is 4.58. The van der Waals surface area contributed by atoms with Crippen LogP contribution in [0.15, 0.2) is 66.9 Å². The quantitative estimate of drug-likeness (QED) is 0.402. The molecule has 0 radical (unpaired) electrons. The van der Waals surface area contributed by atoms with E-state index in [9.17, 15) is 0 Å². The number of methoxy groups -OCH3 is 1. The van der Waals surface area contributed by atoms with E-state index in [2.05, 4.69) is 58.1 Å². The van der Waals surface area contributed by atoms with Crippen molar-refractivity contribution >= 4 is 17.5 Å². The van der Waals surface area contributed by atoms with E-state index in [1.54, 1.807) is 7.11 Å². The Balaban J connectivity index is 1.49. The number of nitrogens with one attached hydrogen (secondary N) is 2. The zero-order valence-electron chi connectivity index (χ0n) is 19.1. The number of ether oxygens (including phenoxy) is 1. The Bertz CT molecular complexity index is 1290. The third kappa shape index (κ3) is 4.12. The number of rotatable bonds is 6. The molecule has 166 valence electrons. The van der Waals surface area contributed by atoms with Gasteiger partial charge < -0.3 is 15.4 Å². The fourth-order valence-electron chi connectivity index (χ4n) is 4.58. The van der Waals surface area contributed by atoms with Crippen LogP contribution in [0.5, 0.6) is 5.75 Å². The Kier molecular flexibility index (Phi) is 5.65. The van der Waals surface area contributed by atoms with E-state index in [1.807, 2.05) is 38.4 Å². The number of pyridine rings is 1. The number of hydrogen-bond acceptors (Lipinski definition) is 6. The van der Waals surface area contributed by atoms with Gasteiger partial charge in [0.1, 0.15) is 11.6 Å². The highest BCUT2D eigenvalue weighted by molar-refractivity contribution is 5.74. The van der Waals surface area contributed by atoms with Crippen molar-refractivity contribution < 1.29 is 4.74 Å². The van der Waals surface area contributed by atoms with Crippen LogP contribution in [0.4, 0.5) is 17.5 Å². The van der Waals surface area contributed by atoms with Crippen molar-refractivity contribution in [3.63, 3.8) is 0 Å². The van der Waals surface area contributed by atoms with E-state index < -0.39 is 0 Å². The predicted octanol–water partition coefficient (Wildman–Crippen LogP) is 5.72. The van der Waals surface area contributed by atoms with Gasteiger partial charge in [0.25, 0.3) is 0 Å². The first-order valence-electron chi connectivity index (χ1n) is 11.2. The Hall–Kier alpha value is -3.93. The summed E-state index contributed by atoms with van der Waals surface area (Å²) in [7, 11) is 3.60. The molecule has 0 bridgehead atoms. The van der Waals surface area contributed by atoms with Crippen LogP contribution in [0.2, 0.25) is 0 Å². The van der Waals surface area contributed by atoms with Gasteiger partial charge in [-0.2, -0.15) is 4.98 Å². The van der Waals surface area contributed by atoms with Gasteiger partial charge in [-0.1, -0.05) is 30.3 Å². The van der Waals surface area contributed by atoms with E-state index in [0.29, 0.717) is 5.95 Å². The first-order chi connectivity index (χ1) is 16.2. The van der Waals surface area contributed by atoms with E-state index in [4.69, 9.17) is 14.7 Å². The fraction of sp³-hybridized carbons (Fsp3) is 0.222. The van der Waals surface area contributed by atoms with Crippen LogP contribution in [-0.2, 0) is 6.42 Å². The molecule has 4 aromatic rings. The lowest BCUT2D eigenvalue weighted by atomic mass is 9.97. The van der Waals surface area contributed by atoms with Gasteiger partial charge in [0.2, 0.25) is 5.95 Å². The van der Waals surface area contributed by atoms with Crippen molar-refractivity contribution in [3.8, 4) is 16.9 Å². The highest BCUT2D eigenvalue weighted by atomic mass is 16.5. The summed E-state index contributed by atoms with van der Waals surface area (Å²) in [5.41, 5.74) is 7.53. The van der Waals surface area contributed by atoms with Crippen molar-refractivity contribution in [2.24, 2.45) is 0 Å². The third-order valence-corrected chi connectivity index (χ3v) is 6.16. The summed E-state index contributed by atoms with van der Waals surface area (Å²) in [4.78, 5) is 14.0. The summed E-state index contributed by atoms with van der Waals surface area (Å²) in [6.07, 6.45) is 3.83. The lowest BCUT2D eigenvalue weighted by Gasteiger charge is -2.16. The van der Waals surface area contributed by atoms with Crippen LogP contribution in [0.1, 0.15) is 34.9 Å². The highest BCUT2D eigenvalue weighted by Gasteiger charge is 2.29. The van der Waals surface area contributed by atoms with Crippen LogP contribution in [0.3, 0.4) is 0 Å². The molecule has 0 fully saturated rings. The molecular weight excluding hydrogens is 410 g/mol. The Labute approximate surface area is 194 Å². The molecule has 1 atom stereocenters. The van der Waals surface area contributed by atoms with Gasteiger partial charge in [0, 0.05) is 47.7 Å². The van der Waals surface area contributed by atoms with Crippen LogP contribution < -0.4 is 15.4 Å². The summed E-state index contributed by atoms with van der Waals surface area (Å²) >= 11 is 0. The van der Waals surface area contributed by atoms with E-state index in [1.165, 1.54) is 11.1 Å². The normalized spacial score (nSPS) is 14.6. The largest absolute Gasteiger partial charge is 0.496 e. The molecule has 1 aliphatic rings. The minimum Gasteiger partial charge on any atom is -0.496 e. The van der Waals surface area contributed by atoms with Crippen LogP contribution in [0.25, 0.3) is 11.1 Å². The van der Waals surface area contributed by atoms with Crippen molar-refractivity contribution in [1.29, 1.82) is 0 Å². The summed E-state index contributed by atoms with van der Waals surface area (Å²) in [5.74, 6) is 2.53. The average Bonchev–Trinajstić information content (AvgIpc) is 3.28. The molecule has 2 heterocycles. The Morgan fingerprint density at radius 1 is 1.00 bits per heavy atom. The standard InChI is InChI=1S/C27H27N5O/c1-17-15-19(13-14-29-17)21-10-9-20(16-24(21)33-3)30-27-31-25-22(18-7-5-4-6-8-18)11-12-23(25)26(28-2)32-27/h4-10,13-16,22H,11-12H2,1-3H3,(H2,28,30,31,32). The summed E-state index contributed by atoms with van der Waals surface area (Å²) in [6.45, 7) is 1.99. The van der Waals surface area contributed by atoms with Crippen molar-refractivity contribution in [2.45, 2.75) is 25.7 Å². The van der Waals surface area contributed by atoms with Gasteiger partial charge in [-0.25, -0.2) is 4.98 Å². The molecule has 5 rings (SSSR count). The lowest BCUT2D eigenvalue weighted by Crippen LogP contribution is -2.08. The predicted molar refractivity (Wildman–Crippen MR) is 132 cm³/mol. The maximum atomic E-state index is 5.70. The average molecular weight is 438 g/mol.